The summed E-state index contributed by atoms with van der Waals surface area (Å²) >= 11 is 0. The number of benzene rings is 3. The SMILES string of the molecule is Cc1ccc(N2C/C=C\C(c3ccc4c(c3)C/C=C\C=C/C(C)N4c3ccccc3)=C/CC3=C2CCC=C3)cc1. The number of rotatable bonds is 3. The van der Waals surface area contributed by atoms with E-state index in [0.29, 0.717) is 0 Å². The van der Waals surface area contributed by atoms with Crippen molar-refractivity contribution in [3.05, 3.63) is 155 Å². The summed E-state index contributed by atoms with van der Waals surface area (Å²) < 4.78 is 0. The lowest BCUT2D eigenvalue weighted by molar-refractivity contribution is 0.843. The molecule has 0 N–H and O–H groups in total. The highest BCUT2D eigenvalue weighted by molar-refractivity contribution is 5.79. The van der Waals surface area contributed by atoms with E-state index in [1.807, 2.05) is 0 Å². The highest BCUT2D eigenvalue weighted by Crippen LogP contribution is 2.36. The number of anilines is 3. The Hall–Kier alpha value is -4.30. The van der Waals surface area contributed by atoms with Gasteiger partial charge in [-0.25, -0.2) is 0 Å². The van der Waals surface area contributed by atoms with Crippen molar-refractivity contribution in [1.29, 1.82) is 0 Å². The number of para-hydroxylation sites is 1. The van der Waals surface area contributed by atoms with Crippen LogP contribution in [0.5, 0.6) is 0 Å². The van der Waals surface area contributed by atoms with Gasteiger partial charge >= 0.3 is 0 Å². The number of fused-ring (bicyclic) bond motifs is 1. The van der Waals surface area contributed by atoms with Crippen molar-refractivity contribution in [3.8, 4) is 0 Å². The van der Waals surface area contributed by atoms with Crippen LogP contribution in [0.3, 0.4) is 0 Å². The third-order valence-electron chi connectivity index (χ3n) is 8.12. The molecule has 1 atom stereocenters. The summed E-state index contributed by atoms with van der Waals surface area (Å²) in [5.74, 6) is 0. The molecule has 2 heteroatoms. The largest absolute Gasteiger partial charge is 0.341 e. The molecule has 1 aliphatic carbocycles. The Kier molecular flexibility index (Phi) is 7.68. The van der Waals surface area contributed by atoms with Crippen LogP contribution >= 0.6 is 0 Å². The summed E-state index contributed by atoms with van der Waals surface area (Å²) in [6.45, 7) is 5.29. The summed E-state index contributed by atoms with van der Waals surface area (Å²) in [4.78, 5) is 4.96. The molecular weight excluding hydrogens is 484 g/mol. The van der Waals surface area contributed by atoms with E-state index in [4.69, 9.17) is 0 Å². The molecule has 0 saturated heterocycles. The maximum absolute atomic E-state index is 2.51. The van der Waals surface area contributed by atoms with Crippen LogP contribution in [0.2, 0.25) is 0 Å². The van der Waals surface area contributed by atoms with Crippen molar-refractivity contribution in [3.63, 3.8) is 0 Å². The first-order valence-corrected chi connectivity index (χ1v) is 14.6. The van der Waals surface area contributed by atoms with Gasteiger partial charge in [0.2, 0.25) is 0 Å². The summed E-state index contributed by atoms with van der Waals surface area (Å²) in [5.41, 5.74) is 11.9. The van der Waals surface area contributed by atoms with Crippen molar-refractivity contribution in [2.45, 2.75) is 45.6 Å². The number of allylic oxidation sites excluding steroid dienone is 10. The lowest BCUT2D eigenvalue weighted by Gasteiger charge is -2.31. The zero-order chi connectivity index (χ0) is 27.3. The standard InChI is InChI=1S/C38H38N2/c1-29-19-24-35(25-20-29)39-27-11-15-31(21-22-32-13-9-10-18-37(32)39)33-23-26-38-34(28-33)14-6-3-5-12-30(2)40(38)36-16-7-4-8-17-36/h3-9,11-13,15-17,19-21,23-26,28,30H,10,14,18,22,27H2,1-2H3/b6-3-,12-5-,15-11-,31-21+. The molecule has 200 valence electrons. The average Bonchev–Trinajstić information content (AvgIpc) is 3.13. The number of aryl methyl sites for hydroxylation is 1. The molecule has 0 amide bonds. The van der Waals surface area contributed by atoms with Gasteiger partial charge < -0.3 is 9.80 Å². The van der Waals surface area contributed by atoms with Gasteiger partial charge in [-0.2, -0.15) is 0 Å². The fraction of sp³-hybridized carbons (Fsp3) is 0.211. The van der Waals surface area contributed by atoms with Crippen LogP contribution in [0, 0.1) is 6.92 Å². The lowest BCUT2D eigenvalue weighted by atomic mass is 9.95. The van der Waals surface area contributed by atoms with Crippen molar-refractivity contribution < 1.29 is 0 Å². The Bertz CT molecular complexity index is 1530. The zero-order valence-corrected chi connectivity index (χ0v) is 23.6. The molecule has 3 aromatic rings. The van der Waals surface area contributed by atoms with Crippen molar-refractivity contribution in [1.82, 2.24) is 0 Å². The first kappa shape index (κ1) is 26.0. The monoisotopic (exact) mass is 522 g/mol. The molecule has 0 radical (unpaired) electrons. The number of nitrogens with zero attached hydrogens (tertiary/aromatic N) is 2. The van der Waals surface area contributed by atoms with Crippen LogP contribution in [0.1, 0.15) is 42.9 Å². The Morgan fingerprint density at radius 1 is 0.775 bits per heavy atom. The topological polar surface area (TPSA) is 6.48 Å². The van der Waals surface area contributed by atoms with Crippen LogP contribution in [0.4, 0.5) is 17.1 Å². The lowest BCUT2D eigenvalue weighted by Crippen LogP contribution is -2.27. The van der Waals surface area contributed by atoms with Gasteiger partial charge in [-0.1, -0.05) is 96.6 Å². The molecule has 3 aliphatic rings. The molecule has 0 aromatic heterocycles. The van der Waals surface area contributed by atoms with Gasteiger partial charge in [-0.15, -0.1) is 0 Å². The van der Waals surface area contributed by atoms with Crippen LogP contribution < -0.4 is 9.80 Å². The summed E-state index contributed by atoms with van der Waals surface area (Å²) in [7, 11) is 0. The Labute approximate surface area is 239 Å². The van der Waals surface area contributed by atoms with Crippen LogP contribution in [-0.2, 0) is 6.42 Å². The zero-order valence-electron chi connectivity index (χ0n) is 23.6. The van der Waals surface area contributed by atoms with Crippen LogP contribution in [0.25, 0.3) is 5.57 Å². The Morgan fingerprint density at radius 2 is 1.62 bits per heavy atom. The number of hydrogen-bond donors (Lipinski definition) is 0. The Morgan fingerprint density at radius 3 is 2.48 bits per heavy atom. The van der Waals surface area contributed by atoms with E-state index < -0.39 is 0 Å². The molecule has 1 unspecified atom stereocenters. The molecule has 0 bridgehead atoms. The van der Waals surface area contributed by atoms with E-state index in [1.54, 1.807) is 0 Å². The van der Waals surface area contributed by atoms with Crippen LogP contribution in [-0.4, -0.2) is 12.6 Å². The third kappa shape index (κ3) is 5.53. The van der Waals surface area contributed by atoms with Gasteiger partial charge in [-0.3, -0.25) is 0 Å². The fourth-order valence-corrected chi connectivity index (χ4v) is 6.01. The van der Waals surface area contributed by atoms with Gasteiger partial charge in [0.1, 0.15) is 0 Å². The van der Waals surface area contributed by atoms with Crippen LogP contribution in [0.15, 0.2) is 139 Å². The molecule has 3 aromatic carbocycles. The normalized spacial score (nSPS) is 22.8. The molecule has 2 aliphatic heterocycles. The first-order chi connectivity index (χ1) is 19.7. The fourth-order valence-electron chi connectivity index (χ4n) is 6.01. The van der Waals surface area contributed by atoms with Gasteiger partial charge in [0.05, 0.1) is 0 Å². The maximum Gasteiger partial charge on any atom is 0.0497 e. The van der Waals surface area contributed by atoms with Gasteiger partial charge in [0.25, 0.3) is 0 Å². The molecule has 40 heavy (non-hydrogen) atoms. The molecule has 0 saturated carbocycles. The second-order valence-electron chi connectivity index (χ2n) is 10.9. The van der Waals surface area contributed by atoms with E-state index in [9.17, 15) is 0 Å². The van der Waals surface area contributed by atoms with E-state index in [1.165, 1.54) is 50.6 Å². The minimum Gasteiger partial charge on any atom is -0.341 e. The molecule has 0 spiro atoms. The molecule has 2 nitrogen and oxygen atoms in total. The maximum atomic E-state index is 2.51. The average molecular weight is 523 g/mol. The van der Waals surface area contributed by atoms with Crippen molar-refractivity contribution in [2.75, 3.05) is 16.3 Å². The second-order valence-corrected chi connectivity index (χ2v) is 10.9. The smallest absolute Gasteiger partial charge is 0.0497 e. The van der Waals surface area contributed by atoms with E-state index in [0.717, 1.165) is 32.2 Å². The minimum absolute atomic E-state index is 0.245. The quantitative estimate of drug-likeness (QED) is 0.338. The van der Waals surface area contributed by atoms with Crippen molar-refractivity contribution >= 4 is 22.6 Å². The predicted molar refractivity (Wildman–Crippen MR) is 172 cm³/mol. The molecular formula is C38H38N2. The van der Waals surface area contributed by atoms with E-state index in [-0.39, 0.29) is 6.04 Å². The highest BCUT2D eigenvalue weighted by atomic mass is 15.2. The predicted octanol–water partition coefficient (Wildman–Crippen LogP) is 9.64. The Balaban J connectivity index is 1.38. The van der Waals surface area contributed by atoms with Gasteiger partial charge in [0.15, 0.2) is 0 Å². The summed E-state index contributed by atoms with van der Waals surface area (Å²) in [5, 5.41) is 0. The van der Waals surface area contributed by atoms with E-state index >= 15 is 0 Å². The molecule has 6 rings (SSSR count). The highest BCUT2D eigenvalue weighted by Gasteiger charge is 2.20. The second kappa shape index (κ2) is 11.8. The minimum atomic E-state index is 0.245. The van der Waals surface area contributed by atoms with Gasteiger partial charge in [-0.05, 0) is 98.2 Å². The molecule has 2 heterocycles. The van der Waals surface area contributed by atoms with Gasteiger partial charge in [0, 0.05) is 35.3 Å². The summed E-state index contributed by atoms with van der Waals surface area (Å²) in [6.07, 6.45) is 24.7. The van der Waals surface area contributed by atoms with E-state index in [2.05, 4.69) is 151 Å². The summed E-state index contributed by atoms with van der Waals surface area (Å²) in [6, 6.07) is 27.0. The first-order valence-electron chi connectivity index (χ1n) is 14.6. The third-order valence-corrected chi connectivity index (χ3v) is 8.12. The van der Waals surface area contributed by atoms with Crippen molar-refractivity contribution in [2.24, 2.45) is 0 Å². The number of hydrogen-bond acceptors (Lipinski definition) is 2. The molecule has 0 fully saturated rings.